The first-order chi connectivity index (χ1) is 9.60. The van der Waals surface area contributed by atoms with Crippen molar-refractivity contribution in [1.29, 1.82) is 0 Å². The summed E-state index contributed by atoms with van der Waals surface area (Å²) < 4.78 is 4.76. The Morgan fingerprint density at radius 1 is 1.10 bits per heavy atom. The van der Waals surface area contributed by atoms with E-state index in [2.05, 4.69) is 6.58 Å². The van der Waals surface area contributed by atoms with Gasteiger partial charge >= 0.3 is 5.97 Å². The lowest BCUT2D eigenvalue weighted by Gasteiger charge is -2.08. The summed E-state index contributed by atoms with van der Waals surface area (Å²) in [5, 5.41) is 19.2. The highest BCUT2D eigenvalue weighted by Gasteiger charge is 2.10. The average molecular weight is 284 g/mol. The predicted molar refractivity (Wildman–Crippen MR) is 80.3 cm³/mol. The van der Waals surface area contributed by atoms with E-state index in [9.17, 15) is 15.0 Å². The van der Waals surface area contributed by atoms with E-state index in [4.69, 9.17) is 4.74 Å². The van der Waals surface area contributed by atoms with Crippen molar-refractivity contribution >= 4 is 5.97 Å². The summed E-state index contributed by atoms with van der Waals surface area (Å²) in [6.07, 6.45) is 9.39. The van der Waals surface area contributed by atoms with Crippen molar-refractivity contribution in [2.45, 2.75) is 64.1 Å². The number of aliphatic hydroxyl groups is 2. The summed E-state index contributed by atoms with van der Waals surface area (Å²) in [7, 11) is 0. The molecule has 0 bridgehead atoms. The van der Waals surface area contributed by atoms with Gasteiger partial charge in [0.2, 0.25) is 0 Å². The molecule has 0 fully saturated rings. The maximum atomic E-state index is 11.1. The van der Waals surface area contributed by atoms with Crippen molar-refractivity contribution in [3.05, 3.63) is 24.8 Å². The molecule has 0 saturated heterocycles. The van der Waals surface area contributed by atoms with Gasteiger partial charge < -0.3 is 14.9 Å². The molecule has 0 saturated carbocycles. The number of carbonyl (C=O) groups excluding carboxylic acids is 1. The summed E-state index contributed by atoms with van der Waals surface area (Å²) in [4.78, 5) is 11.1. The van der Waals surface area contributed by atoms with E-state index < -0.39 is 6.10 Å². The van der Waals surface area contributed by atoms with E-state index in [0.29, 0.717) is 13.0 Å². The Kier molecular flexibility index (Phi) is 12.2. The van der Waals surface area contributed by atoms with Crippen molar-refractivity contribution in [3.8, 4) is 0 Å². The van der Waals surface area contributed by atoms with Crippen LogP contribution in [0.25, 0.3) is 0 Å². The third-order valence-electron chi connectivity index (χ3n) is 2.91. The zero-order chi connectivity index (χ0) is 15.2. The van der Waals surface area contributed by atoms with Gasteiger partial charge in [0.25, 0.3) is 0 Å². The zero-order valence-corrected chi connectivity index (χ0v) is 12.5. The van der Waals surface area contributed by atoms with Gasteiger partial charge in [-0.05, 0) is 45.4 Å². The SMILES string of the molecule is C=CCCC(O)CC/C=C/CCC(O)CC(=O)OCC. The number of allylic oxidation sites excluding steroid dienone is 3. The first-order valence-electron chi connectivity index (χ1n) is 7.37. The second-order valence-electron chi connectivity index (χ2n) is 4.81. The van der Waals surface area contributed by atoms with E-state index in [1.54, 1.807) is 6.92 Å². The molecule has 116 valence electrons. The summed E-state index contributed by atoms with van der Waals surface area (Å²) >= 11 is 0. The van der Waals surface area contributed by atoms with E-state index in [0.717, 1.165) is 32.1 Å². The lowest BCUT2D eigenvalue weighted by atomic mass is 10.1. The molecule has 2 atom stereocenters. The number of hydrogen-bond acceptors (Lipinski definition) is 4. The maximum Gasteiger partial charge on any atom is 0.308 e. The smallest absolute Gasteiger partial charge is 0.308 e. The molecule has 0 radical (unpaired) electrons. The summed E-state index contributed by atoms with van der Waals surface area (Å²) in [6.45, 7) is 5.71. The standard InChI is InChI=1S/C16H28O4/c1-3-5-10-14(17)11-8-6-7-9-12-15(18)13-16(19)20-4-2/h3,6-7,14-15,17-18H,1,4-5,8-13H2,2H3/b7-6+. The molecule has 2 N–H and O–H groups in total. The van der Waals surface area contributed by atoms with Crippen molar-refractivity contribution in [3.63, 3.8) is 0 Å². The Morgan fingerprint density at radius 3 is 2.20 bits per heavy atom. The van der Waals surface area contributed by atoms with Crippen molar-refractivity contribution in [2.75, 3.05) is 6.61 Å². The first-order valence-corrected chi connectivity index (χ1v) is 7.37. The van der Waals surface area contributed by atoms with Crippen LogP contribution in [-0.2, 0) is 9.53 Å². The fourth-order valence-electron chi connectivity index (χ4n) is 1.78. The van der Waals surface area contributed by atoms with Gasteiger partial charge in [0.05, 0.1) is 25.2 Å². The van der Waals surface area contributed by atoms with E-state index in [1.807, 2.05) is 18.2 Å². The molecule has 20 heavy (non-hydrogen) atoms. The predicted octanol–water partition coefficient (Wildman–Crippen LogP) is 2.74. The second kappa shape index (κ2) is 12.9. The minimum Gasteiger partial charge on any atom is -0.466 e. The van der Waals surface area contributed by atoms with E-state index >= 15 is 0 Å². The number of hydrogen-bond donors (Lipinski definition) is 2. The molecule has 0 amide bonds. The van der Waals surface area contributed by atoms with Crippen LogP contribution in [0.15, 0.2) is 24.8 Å². The molecule has 0 aromatic heterocycles. The highest BCUT2D eigenvalue weighted by Crippen LogP contribution is 2.08. The van der Waals surface area contributed by atoms with Crippen LogP contribution in [0.3, 0.4) is 0 Å². The Bertz CT molecular complexity index is 286. The largest absolute Gasteiger partial charge is 0.466 e. The van der Waals surface area contributed by atoms with Crippen LogP contribution in [0.2, 0.25) is 0 Å². The topological polar surface area (TPSA) is 66.8 Å². The number of esters is 1. The molecule has 2 unspecified atom stereocenters. The first kappa shape index (κ1) is 18.9. The summed E-state index contributed by atoms with van der Waals surface area (Å²) in [5.41, 5.74) is 0. The monoisotopic (exact) mass is 284 g/mol. The van der Waals surface area contributed by atoms with E-state index in [-0.39, 0.29) is 18.5 Å². The van der Waals surface area contributed by atoms with Crippen LogP contribution in [0.1, 0.15) is 51.9 Å². The molecule has 0 aliphatic carbocycles. The lowest BCUT2D eigenvalue weighted by Crippen LogP contribution is -2.15. The second-order valence-corrected chi connectivity index (χ2v) is 4.81. The molecule has 0 aromatic carbocycles. The van der Waals surface area contributed by atoms with E-state index in [1.165, 1.54) is 0 Å². The van der Waals surface area contributed by atoms with Gasteiger partial charge in [-0.25, -0.2) is 0 Å². The van der Waals surface area contributed by atoms with Crippen molar-refractivity contribution < 1.29 is 19.7 Å². The Balaban J connectivity index is 3.55. The van der Waals surface area contributed by atoms with Gasteiger partial charge in [-0.15, -0.1) is 6.58 Å². The molecule has 0 spiro atoms. The van der Waals surface area contributed by atoms with Crippen LogP contribution >= 0.6 is 0 Å². The van der Waals surface area contributed by atoms with Crippen molar-refractivity contribution in [1.82, 2.24) is 0 Å². The summed E-state index contributed by atoms with van der Waals surface area (Å²) in [5.74, 6) is -0.352. The molecule has 4 nitrogen and oxygen atoms in total. The third-order valence-corrected chi connectivity index (χ3v) is 2.91. The number of rotatable bonds is 12. The molecule has 0 aromatic rings. The molecule has 4 heteroatoms. The fraction of sp³-hybridized carbons (Fsp3) is 0.688. The van der Waals surface area contributed by atoms with Crippen LogP contribution in [0.4, 0.5) is 0 Å². The zero-order valence-electron chi connectivity index (χ0n) is 12.5. The normalized spacial score (nSPS) is 14.2. The Labute approximate surface area is 122 Å². The molecular weight excluding hydrogens is 256 g/mol. The van der Waals surface area contributed by atoms with Gasteiger partial charge in [0.1, 0.15) is 0 Å². The lowest BCUT2D eigenvalue weighted by molar-refractivity contribution is -0.145. The van der Waals surface area contributed by atoms with Gasteiger partial charge in [-0.2, -0.15) is 0 Å². The minimum atomic E-state index is -0.642. The van der Waals surface area contributed by atoms with Crippen LogP contribution in [-0.4, -0.2) is 35.0 Å². The average Bonchev–Trinajstić information content (AvgIpc) is 2.40. The highest BCUT2D eigenvalue weighted by atomic mass is 16.5. The van der Waals surface area contributed by atoms with Gasteiger partial charge in [0, 0.05) is 0 Å². The minimum absolute atomic E-state index is 0.0575. The molecule has 0 rings (SSSR count). The van der Waals surface area contributed by atoms with Crippen LogP contribution < -0.4 is 0 Å². The van der Waals surface area contributed by atoms with Crippen molar-refractivity contribution in [2.24, 2.45) is 0 Å². The summed E-state index contributed by atoms with van der Waals surface area (Å²) in [6, 6.07) is 0. The fourth-order valence-corrected chi connectivity index (χ4v) is 1.78. The maximum absolute atomic E-state index is 11.1. The quantitative estimate of drug-likeness (QED) is 0.427. The number of aliphatic hydroxyl groups excluding tert-OH is 2. The van der Waals surface area contributed by atoms with Crippen LogP contribution in [0, 0.1) is 0 Å². The van der Waals surface area contributed by atoms with Gasteiger partial charge in [0.15, 0.2) is 0 Å². The molecule has 0 aliphatic rings. The third kappa shape index (κ3) is 11.9. The molecule has 0 heterocycles. The van der Waals surface area contributed by atoms with Gasteiger partial charge in [-0.1, -0.05) is 18.2 Å². The molecule has 0 aliphatic heterocycles. The Hall–Kier alpha value is -1.13. The number of ether oxygens (including phenoxy) is 1. The highest BCUT2D eigenvalue weighted by molar-refractivity contribution is 5.69. The number of carbonyl (C=O) groups is 1. The Morgan fingerprint density at radius 2 is 1.65 bits per heavy atom. The van der Waals surface area contributed by atoms with Crippen LogP contribution in [0.5, 0.6) is 0 Å². The van der Waals surface area contributed by atoms with Gasteiger partial charge in [-0.3, -0.25) is 4.79 Å². The molecular formula is C16H28O4.